The van der Waals surface area contributed by atoms with Crippen LogP contribution in [0.15, 0.2) is 28.6 Å². The predicted molar refractivity (Wildman–Crippen MR) is 238 cm³/mol. The average Bonchev–Trinajstić information content (AvgIpc) is 4.14. The van der Waals surface area contributed by atoms with E-state index in [0.717, 1.165) is 21.8 Å². The Bertz CT molecular complexity index is 3460. The van der Waals surface area contributed by atoms with Crippen molar-refractivity contribution < 1.29 is 104 Å². The molecule has 6 aromatic heterocycles. The third kappa shape index (κ3) is 10.8. The maximum absolute atomic E-state index is 13.3. The minimum absolute atomic E-state index is 0.000541. The van der Waals surface area contributed by atoms with Crippen LogP contribution < -0.4 is 32.5 Å². The Morgan fingerprint density at radius 2 is 1.35 bits per heavy atom. The number of nitrogens with zero attached hydrogens (tertiary/aromatic N) is 10. The summed E-state index contributed by atoms with van der Waals surface area (Å²) in [5, 5.41) is 45.6. The van der Waals surface area contributed by atoms with E-state index in [1.807, 2.05) is 0 Å². The van der Waals surface area contributed by atoms with Crippen LogP contribution >= 0.6 is 31.3 Å². The first-order chi connectivity index (χ1) is 34.6. The number of nitrogens with two attached hydrogens (primary N) is 2. The second-order valence-corrected chi connectivity index (χ2v) is 22.6. The summed E-state index contributed by atoms with van der Waals surface area (Å²) >= 11 is 0. The molecule has 9 rings (SSSR count). The normalized spacial score (nSPS) is 29.0. The molecule has 6 aromatic rings. The number of hydrogen-bond acceptors (Lipinski definition) is 27. The SMILES string of the molecule is C[C@@H]1CC(COP(=O)(O)OP(=O)(O)OP(=O)(O)OCC2OC(n3c[n+](C)c4c(=O)[nH]c(N)nc43)C(O)C2O)OC1n1c(Nc2nc3c(ncn3C3OC(COP(=O)(O)O)[C@@H](O)[C@H]3O)c(=O)[nH]2)nc2c(N)ncnc21. The molecule has 0 saturated carbocycles. The molecule has 38 nitrogen and oxygen atoms in total. The number of nitrogens with one attached hydrogen (secondary N) is 3. The molecule has 11 unspecified atom stereocenters. The standard InChI is InChI=1S/C32H43N15O23P4/c1-10-3-11(4-64-72(57,58)69-74(61,62)70-73(59,60)65-6-13-18(49)20(51)29(68-13)46-9-44(2)16-24(46)39-30(34)41-26(16)53)66-27(10)47-22-14(21(33)35-7-36-22)38-32(47)43-31-40-23-15(25(52)42-31)37-8-45(23)28-19(50)17(48)12(67-28)5-63-71(54,55)56/h7-13,17-20,27-29,48-51H,3-6H2,1-2H3,(H11-,33,34,35,36,38,39,40,41,42,43,52,53,54,55,56,57,58,59,60,61,62)/p+1/t10-,11?,12?,13?,17-,18?,19-,20?,27?,28?,29?/m1/s1. The summed E-state index contributed by atoms with van der Waals surface area (Å²) in [6.45, 7) is -1.07. The molecular weight excluding hydrogens is 1090 g/mol. The number of aryl methyl sites for hydroxylation is 1. The molecule has 16 N–H and O–H groups in total. The number of aromatic nitrogens is 12. The molecule has 9 heterocycles. The van der Waals surface area contributed by atoms with Gasteiger partial charge in [-0.05, 0) is 6.42 Å². The summed E-state index contributed by atoms with van der Waals surface area (Å²) in [6, 6.07) is 0. The largest absolute Gasteiger partial charge is 0.490 e. The van der Waals surface area contributed by atoms with Crippen LogP contribution in [0.3, 0.4) is 0 Å². The summed E-state index contributed by atoms with van der Waals surface area (Å²) < 4.78 is 94.5. The highest BCUT2D eigenvalue weighted by Crippen LogP contribution is 2.68. The highest BCUT2D eigenvalue weighted by atomic mass is 31.3. The zero-order chi connectivity index (χ0) is 53.6. The number of ether oxygens (including phenoxy) is 3. The van der Waals surface area contributed by atoms with Crippen molar-refractivity contribution >= 4 is 88.4 Å². The number of anilines is 4. The molecule has 3 aliphatic heterocycles. The number of aliphatic hydroxyl groups is 4. The number of fused-ring (bicyclic) bond motifs is 3. The fraction of sp³-hybridized carbons (Fsp3) is 0.531. The lowest BCUT2D eigenvalue weighted by Gasteiger charge is -2.21. The lowest BCUT2D eigenvalue weighted by atomic mass is 10.1. The minimum Gasteiger partial charge on any atom is -0.387 e. The highest BCUT2D eigenvalue weighted by Gasteiger charge is 2.50. The monoisotopic (exact) mass is 1130 g/mol. The number of H-pyrrole nitrogens is 2. The second-order valence-electron chi connectivity index (χ2n) is 16.8. The molecule has 0 aromatic carbocycles. The molecule has 3 aliphatic rings. The first kappa shape index (κ1) is 53.7. The molecule has 0 radical (unpaired) electrons. The van der Waals surface area contributed by atoms with Gasteiger partial charge in [-0.1, -0.05) is 6.92 Å². The Balaban J connectivity index is 0.845. The molecule has 74 heavy (non-hydrogen) atoms. The van der Waals surface area contributed by atoms with Crippen molar-refractivity contribution in [3.8, 4) is 0 Å². The maximum Gasteiger partial charge on any atom is 0.490 e. The quantitative estimate of drug-likeness (QED) is 0.0292. The fourth-order valence-electron chi connectivity index (χ4n) is 8.36. The Labute approximate surface area is 409 Å². The van der Waals surface area contributed by atoms with Gasteiger partial charge in [0.25, 0.3) is 16.7 Å². The van der Waals surface area contributed by atoms with E-state index >= 15 is 0 Å². The van der Waals surface area contributed by atoms with E-state index in [0.29, 0.717) is 0 Å². The molecule has 0 amide bonds. The van der Waals surface area contributed by atoms with Gasteiger partial charge in [0.15, 0.2) is 34.4 Å². The number of phosphoric ester groups is 3. The molecular formula is C32H44N15O23P4+. The number of aliphatic hydroxyl groups excluding tert-OH is 4. The number of rotatable bonds is 18. The summed E-state index contributed by atoms with van der Waals surface area (Å²) in [5.41, 5.74) is 9.83. The van der Waals surface area contributed by atoms with Crippen LogP contribution in [-0.4, -0.2) is 161 Å². The topological polar surface area (TPSA) is 550 Å². The van der Waals surface area contributed by atoms with Crippen LogP contribution in [0.25, 0.3) is 33.5 Å². The van der Waals surface area contributed by atoms with Crippen LogP contribution in [0, 0.1) is 5.92 Å². The van der Waals surface area contributed by atoms with Crippen LogP contribution in [0.1, 0.15) is 32.0 Å². The van der Waals surface area contributed by atoms with Gasteiger partial charge >= 0.3 is 36.9 Å². The number of aromatic amines is 2. The van der Waals surface area contributed by atoms with Gasteiger partial charge < -0.3 is 70.6 Å². The summed E-state index contributed by atoms with van der Waals surface area (Å²) in [6.07, 6.45) is -11.8. The van der Waals surface area contributed by atoms with Gasteiger partial charge in [-0.15, -0.1) is 0 Å². The van der Waals surface area contributed by atoms with Gasteiger partial charge in [0.1, 0.15) is 49.2 Å². The lowest BCUT2D eigenvalue weighted by molar-refractivity contribution is -0.646. The summed E-state index contributed by atoms with van der Waals surface area (Å²) in [4.78, 5) is 105. The number of nitrogen functional groups attached to an aromatic ring is 2. The summed E-state index contributed by atoms with van der Waals surface area (Å²) in [5.74, 6) is -1.39. The van der Waals surface area contributed by atoms with E-state index in [2.05, 4.69) is 58.3 Å². The molecule has 14 atom stereocenters. The van der Waals surface area contributed by atoms with Gasteiger partial charge in [0, 0.05) is 5.92 Å². The Kier molecular flexibility index (Phi) is 14.4. The van der Waals surface area contributed by atoms with Crippen LogP contribution in [0.2, 0.25) is 0 Å². The van der Waals surface area contributed by atoms with E-state index in [1.165, 1.54) is 22.5 Å². The molecule has 3 saturated heterocycles. The van der Waals surface area contributed by atoms with Crippen molar-refractivity contribution in [3.05, 3.63) is 39.7 Å². The van der Waals surface area contributed by atoms with Gasteiger partial charge in [0.2, 0.25) is 30.4 Å². The van der Waals surface area contributed by atoms with E-state index in [-0.39, 0.29) is 63.6 Å². The van der Waals surface area contributed by atoms with Crippen molar-refractivity contribution in [3.63, 3.8) is 0 Å². The molecule has 3 fully saturated rings. The fourth-order valence-corrected chi connectivity index (χ4v) is 12.2. The third-order valence-electron chi connectivity index (χ3n) is 11.5. The van der Waals surface area contributed by atoms with Crippen molar-refractivity contribution in [2.24, 2.45) is 13.0 Å². The first-order valence-corrected chi connectivity index (χ1v) is 27.2. The first-order valence-electron chi connectivity index (χ1n) is 21.2. The van der Waals surface area contributed by atoms with Crippen LogP contribution in [-0.2, 0) is 61.7 Å². The number of imidazole rings is 3. The lowest BCUT2D eigenvalue weighted by Crippen LogP contribution is -2.34. The maximum atomic E-state index is 13.3. The van der Waals surface area contributed by atoms with Gasteiger partial charge in [-0.25, -0.2) is 42.8 Å². The van der Waals surface area contributed by atoms with E-state index in [4.69, 9.17) is 44.5 Å². The van der Waals surface area contributed by atoms with Crippen molar-refractivity contribution in [1.29, 1.82) is 0 Å². The zero-order valence-corrected chi connectivity index (χ0v) is 41.1. The minimum atomic E-state index is -6.03. The number of phosphoric acid groups is 4. The zero-order valence-electron chi connectivity index (χ0n) is 37.6. The molecule has 0 bridgehead atoms. The van der Waals surface area contributed by atoms with Crippen molar-refractivity contribution in [2.75, 3.05) is 36.6 Å². The van der Waals surface area contributed by atoms with Crippen molar-refractivity contribution in [2.45, 2.75) is 74.8 Å². The molecule has 0 aliphatic carbocycles. The van der Waals surface area contributed by atoms with Crippen LogP contribution in [0.4, 0.5) is 23.7 Å². The second kappa shape index (κ2) is 19.8. The summed E-state index contributed by atoms with van der Waals surface area (Å²) in [7, 11) is -21.0. The van der Waals surface area contributed by atoms with Gasteiger partial charge in [0.05, 0.1) is 39.3 Å². The highest BCUT2D eigenvalue weighted by molar-refractivity contribution is 7.66. The van der Waals surface area contributed by atoms with E-state index < -0.39 is 130 Å². The van der Waals surface area contributed by atoms with Gasteiger partial charge in [-0.3, -0.25) is 47.6 Å². The van der Waals surface area contributed by atoms with Crippen molar-refractivity contribution in [1.82, 2.24) is 53.6 Å². The van der Waals surface area contributed by atoms with Gasteiger partial charge in [-0.2, -0.15) is 23.2 Å². The number of hydrogen-bond donors (Lipinski definition) is 14. The smallest absolute Gasteiger partial charge is 0.387 e. The Hall–Kier alpha value is -5.11. The van der Waals surface area contributed by atoms with E-state index in [9.17, 15) is 63.0 Å². The Morgan fingerprint density at radius 3 is 2.00 bits per heavy atom. The average molecular weight is 1130 g/mol. The predicted octanol–water partition coefficient (Wildman–Crippen LogP) is -3.63. The third-order valence-corrected chi connectivity index (χ3v) is 16.3. The molecule has 0 spiro atoms. The van der Waals surface area contributed by atoms with Crippen LogP contribution in [0.5, 0.6) is 0 Å². The van der Waals surface area contributed by atoms with E-state index in [1.54, 1.807) is 6.92 Å². The Morgan fingerprint density at radius 1 is 0.730 bits per heavy atom. The molecule has 404 valence electrons. The molecule has 42 heteroatoms.